The van der Waals surface area contributed by atoms with Crippen LogP contribution in [0.4, 0.5) is 0 Å². The first-order valence-electron chi connectivity index (χ1n) is 5.65. The number of aryl methyl sites for hydroxylation is 1. The van der Waals surface area contributed by atoms with Gasteiger partial charge in [0.25, 0.3) is 0 Å². The molecule has 0 spiro atoms. The SMILES string of the molecule is Cn1ccc2ccc(OC(=O)C(C)(C)C)cc21. The van der Waals surface area contributed by atoms with Crippen LogP contribution in [-0.4, -0.2) is 10.5 Å². The van der Waals surface area contributed by atoms with Crippen molar-refractivity contribution in [3.8, 4) is 5.75 Å². The molecule has 0 radical (unpaired) electrons. The fourth-order valence-electron chi connectivity index (χ4n) is 1.57. The number of carbonyl (C=O) groups is 1. The smallest absolute Gasteiger partial charge is 0.316 e. The number of carbonyl (C=O) groups excluding carboxylic acids is 1. The van der Waals surface area contributed by atoms with Gasteiger partial charge in [0.2, 0.25) is 0 Å². The van der Waals surface area contributed by atoms with Crippen molar-refractivity contribution in [1.29, 1.82) is 0 Å². The highest BCUT2D eigenvalue weighted by atomic mass is 16.5. The second-order valence-corrected chi connectivity index (χ2v) is 5.29. The molecule has 2 aromatic rings. The summed E-state index contributed by atoms with van der Waals surface area (Å²) in [5.41, 5.74) is 0.576. The normalized spacial score (nSPS) is 11.8. The zero-order valence-electron chi connectivity index (χ0n) is 10.7. The zero-order valence-corrected chi connectivity index (χ0v) is 10.7. The van der Waals surface area contributed by atoms with Gasteiger partial charge in [0, 0.05) is 19.3 Å². The van der Waals surface area contributed by atoms with Crippen molar-refractivity contribution in [2.75, 3.05) is 0 Å². The fraction of sp³-hybridized carbons (Fsp3) is 0.357. The van der Waals surface area contributed by atoms with Gasteiger partial charge in [0.05, 0.1) is 10.9 Å². The lowest BCUT2D eigenvalue weighted by molar-refractivity contribution is -0.142. The second-order valence-electron chi connectivity index (χ2n) is 5.29. The molecule has 0 saturated heterocycles. The summed E-state index contributed by atoms with van der Waals surface area (Å²) in [6.07, 6.45) is 1.99. The Labute approximate surface area is 101 Å². The highest BCUT2D eigenvalue weighted by Crippen LogP contribution is 2.24. The van der Waals surface area contributed by atoms with Crippen LogP contribution in [0, 0.1) is 5.41 Å². The number of rotatable bonds is 1. The van der Waals surface area contributed by atoms with Gasteiger partial charge in [-0.1, -0.05) is 0 Å². The van der Waals surface area contributed by atoms with Gasteiger partial charge in [-0.25, -0.2) is 0 Å². The number of hydrogen-bond donors (Lipinski definition) is 0. The number of esters is 1. The minimum absolute atomic E-state index is 0.217. The Bertz CT molecular complexity index is 561. The second kappa shape index (κ2) is 3.91. The molecule has 17 heavy (non-hydrogen) atoms. The average molecular weight is 231 g/mol. The van der Waals surface area contributed by atoms with E-state index in [1.165, 1.54) is 0 Å². The molecule has 1 aromatic heterocycles. The predicted molar refractivity (Wildman–Crippen MR) is 68.0 cm³/mol. The largest absolute Gasteiger partial charge is 0.426 e. The Morgan fingerprint density at radius 2 is 1.94 bits per heavy atom. The first-order valence-corrected chi connectivity index (χ1v) is 5.65. The standard InChI is InChI=1S/C14H17NO2/c1-14(2,3)13(16)17-11-6-5-10-7-8-15(4)12(10)9-11/h5-9H,1-4H3. The van der Waals surface area contributed by atoms with Crippen LogP contribution in [0.3, 0.4) is 0 Å². The molecule has 0 aliphatic carbocycles. The molecule has 0 amide bonds. The Hall–Kier alpha value is -1.77. The third-order valence-electron chi connectivity index (χ3n) is 2.68. The summed E-state index contributed by atoms with van der Waals surface area (Å²) in [5, 5.41) is 1.14. The quantitative estimate of drug-likeness (QED) is 0.557. The molecular weight excluding hydrogens is 214 g/mol. The first-order chi connectivity index (χ1) is 7.88. The molecule has 2 rings (SSSR count). The molecule has 3 heteroatoms. The van der Waals surface area contributed by atoms with E-state index in [2.05, 4.69) is 0 Å². The predicted octanol–water partition coefficient (Wildman–Crippen LogP) is 3.13. The highest BCUT2D eigenvalue weighted by Gasteiger charge is 2.23. The van der Waals surface area contributed by atoms with Crippen molar-refractivity contribution in [3.63, 3.8) is 0 Å². The third-order valence-corrected chi connectivity index (χ3v) is 2.68. The number of hydrogen-bond acceptors (Lipinski definition) is 2. The van der Waals surface area contributed by atoms with Gasteiger partial charge in [-0.2, -0.15) is 0 Å². The van der Waals surface area contributed by atoms with E-state index >= 15 is 0 Å². The van der Waals surface area contributed by atoms with Crippen LogP contribution in [0.15, 0.2) is 30.5 Å². The maximum absolute atomic E-state index is 11.8. The van der Waals surface area contributed by atoms with Gasteiger partial charge in [-0.3, -0.25) is 4.79 Å². The summed E-state index contributed by atoms with van der Waals surface area (Å²) in [6, 6.07) is 7.70. The van der Waals surface area contributed by atoms with E-state index in [0.717, 1.165) is 10.9 Å². The third kappa shape index (κ3) is 2.33. The average Bonchev–Trinajstić information content (AvgIpc) is 2.59. The van der Waals surface area contributed by atoms with Crippen LogP contribution in [-0.2, 0) is 11.8 Å². The van der Waals surface area contributed by atoms with Crippen LogP contribution in [0.1, 0.15) is 20.8 Å². The van der Waals surface area contributed by atoms with Gasteiger partial charge in [-0.05, 0) is 44.4 Å². The molecule has 0 aliphatic rings. The van der Waals surface area contributed by atoms with E-state index in [1.807, 2.05) is 62.8 Å². The molecule has 0 N–H and O–H groups in total. The summed E-state index contributed by atoms with van der Waals surface area (Å²) in [7, 11) is 1.97. The molecule has 0 unspecified atom stereocenters. The van der Waals surface area contributed by atoms with Crippen molar-refractivity contribution >= 4 is 16.9 Å². The number of fused-ring (bicyclic) bond motifs is 1. The van der Waals surface area contributed by atoms with Gasteiger partial charge < -0.3 is 9.30 Å². The lowest BCUT2D eigenvalue weighted by Crippen LogP contribution is -2.25. The summed E-state index contributed by atoms with van der Waals surface area (Å²) in [4.78, 5) is 11.8. The number of aromatic nitrogens is 1. The Morgan fingerprint density at radius 3 is 2.59 bits per heavy atom. The fourth-order valence-corrected chi connectivity index (χ4v) is 1.57. The van der Waals surface area contributed by atoms with Crippen molar-refractivity contribution in [1.82, 2.24) is 4.57 Å². The molecule has 1 heterocycles. The maximum Gasteiger partial charge on any atom is 0.316 e. The molecular formula is C14H17NO2. The molecule has 90 valence electrons. The Morgan fingerprint density at radius 1 is 1.24 bits per heavy atom. The number of nitrogens with zero attached hydrogens (tertiary/aromatic N) is 1. The number of ether oxygens (including phenoxy) is 1. The van der Waals surface area contributed by atoms with Crippen molar-refractivity contribution in [2.24, 2.45) is 12.5 Å². The topological polar surface area (TPSA) is 31.2 Å². The molecule has 0 saturated carbocycles. The van der Waals surface area contributed by atoms with Crippen molar-refractivity contribution in [3.05, 3.63) is 30.5 Å². The Balaban J connectivity index is 2.31. The summed E-state index contributed by atoms with van der Waals surface area (Å²) in [5.74, 6) is 0.380. The summed E-state index contributed by atoms with van der Waals surface area (Å²) in [6.45, 7) is 5.53. The Kier molecular flexibility index (Phi) is 2.69. The van der Waals surface area contributed by atoms with Crippen LogP contribution in [0.25, 0.3) is 10.9 Å². The molecule has 0 fully saturated rings. The van der Waals surface area contributed by atoms with Gasteiger partial charge >= 0.3 is 5.97 Å². The molecule has 1 aromatic carbocycles. The first kappa shape index (κ1) is 11.7. The zero-order chi connectivity index (χ0) is 12.6. The molecule has 0 aliphatic heterocycles. The van der Waals surface area contributed by atoms with E-state index in [-0.39, 0.29) is 5.97 Å². The molecule has 3 nitrogen and oxygen atoms in total. The van der Waals surface area contributed by atoms with Gasteiger partial charge in [-0.15, -0.1) is 0 Å². The summed E-state index contributed by atoms with van der Waals surface area (Å²) < 4.78 is 7.36. The van der Waals surface area contributed by atoms with Crippen LogP contribution in [0.5, 0.6) is 5.75 Å². The minimum Gasteiger partial charge on any atom is -0.426 e. The van der Waals surface area contributed by atoms with E-state index in [1.54, 1.807) is 0 Å². The lowest BCUT2D eigenvalue weighted by Gasteiger charge is -2.16. The maximum atomic E-state index is 11.8. The number of benzene rings is 1. The van der Waals surface area contributed by atoms with E-state index in [9.17, 15) is 4.79 Å². The van der Waals surface area contributed by atoms with Gasteiger partial charge in [0.1, 0.15) is 5.75 Å². The lowest BCUT2D eigenvalue weighted by atomic mass is 9.97. The minimum atomic E-state index is -0.483. The van der Waals surface area contributed by atoms with Crippen LogP contribution in [0.2, 0.25) is 0 Å². The van der Waals surface area contributed by atoms with Crippen LogP contribution >= 0.6 is 0 Å². The van der Waals surface area contributed by atoms with Crippen LogP contribution < -0.4 is 4.74 Å². The highest BCUT2D eigenvalue weighted by molar-refractivity contribution is 5.83. The molecule has 0 bridgehead atoms. The molecule has 0 atom stereocenters. The van der Waals surface area contributed by atoms with Crippen molar-refractivity contribution < 1.29 is 9.53 Å². The monoisotopic (exact) mass is 231 g/mol. The van der Waals surface area contributed by atoms with E-state index in [0.29, 0.717) is 5.75 Å². The van der Waals surface area contributed by atoms with E-state index < -0.39 is 5.41 Å². The van der Waals surface area contributed by atoms with Gasteiger partial charge in [0.15, 0.2) is 0 Å². The summed E-state index contributed by atoms with van der Waals surface area (Å²) >= 11 is 0. The van der Waals surface area contributed by atoms with E-state index in [4.69, 9.17) is 4.74 Å². The van der Waals surface area contributed by atoms with Crippen molar-refractivity contribution in [2.45, 2.75) is 20.8 Å².